The molecule has 3 nitrogen and oxygen atoms in total. The predicted molar refractivity (Wildman–Crippen MR) is 80.5 cm³/mol. The average Bonchev–Trinajstić information content (AvgIpc) is 2.90. The van der Waals surface area contributed by atoms with Gasteiger partial charge in [0.1, 0.15) is 0 Å². The fourth-order valence-electron chi connectivity index (χ4n) is 3.04. The van der Waals surface area contributed by atoms with E-state index in [1.54, 1.807) is 0 Å². The van der Waals surface area contributed by atoms with E-state index in [0.29, 0.717) is 11.5 Å². The summed E-state index contributed by atoms with van der Waals surface area (Å²) in [7, 11) is 0. The van der Waals surface area contributed by atoms with E-state index in [-0.39, 0.29) is 6.10 Å². The average molecular weight is 266 g/mol. The first-order chi connectivity index (χ1) is 9.78. The third kappa shape index (κ3) is 2.48. The minimum Gasteiger partial charge on any atom is -0.393 e. The van der Waals surface area contributed by atoms with Crippen LogP contribution in [0.25, 0.3) is 10.8 Å². The largest absolute Gasteiger partial charge is 0.393 e. The highest BCUT2D eigenvalue weighted by molar-refractivity contribution is 5.97. The molecular weight excluding hydrogens is 248 g/mol. The third-order valence-electron chi connectivity index (χ3n) is 4.14. The highest BCUT2D eigenvalue weighted by atomic mass is 16.3. The molecule has 1 saturated carbocycles. The molecule has 1 aliphatic rings. The standard InChI is InChI=1S/C17H18N2O/c18-10-13-6-8-17(16-4-2-1-3-15(13)16)19-11-12-5-7-14(20)9-12/h1-4,6,8,12,14,19-20H,5,7,9,11H2. The third-order valence-corrected chi connectivity index (χ3v) is 4.14. The van der Waals surface area contributed by atoms with Crippen molar-refractivity contribution in [2.24, 2.45) is 5.92 Å². The Bertz CT molecular complexity index is 660. The molecule has 2 aromatic rings. The van der Waals surface area contributed by atoms with E-state index < -0.39 is 0 Å². The van der Waals surface area contributed by atoms with Crippen LogP contribution in [-0.2, 0) is 0 Å². The number of aliphatic hydroxyl groups excluding tert-OH is 1. The minimum absolute atomic E-state index is 0.125. The summed E-state index contributed by atoms with van der Waals surface area (Å²) >= 11 is 0. The molecule has 1 aliphatic carbocycles. The summed E-state index contributed by atoms with van der Waals surface area (Å²) in [5.41, 5.74) is 1.78. The van der Waals surface area contributed by atoms with Gasteiger partial charge < -0.3 is 10.4 Å². The second-order valence-electron chi connectivity index (χ2n) is 5.53. The van der Waals surface area contributed by atoms with Crippen LogP contribution < -0.4 is 5.32 Å². The summed E-state index contributed by atoms with van der Waals surface area (Å²) in [6.45, 7) is 0.882. The van der Waals surface area contributed by atoms with Gasteiger partial charge in [-0.2, -0.15) is 5.26 Å². The van der Waals surface area contributed by atoms with Gasteiger partial charge in [-0.3, -0.25) is 0 Å². The Labute approximate surface area is 118 Å². The molecule has 0 saturated heterocycles. The van der Waals surface area contributed by atoms with Crippen LogP contribution in [0.2, 0.25) is 0 Å². The maximum absolute atomic E-state index is 9.57. The number of fused-ring (bicyclic) bond motifs is 1. The topological polar surface area (TPSA) is 56.0 Å². The van der Waals surface area contributed by atoms with Gasteiger partial charge in [0.25, 0.3) is 0 Å². The summed E-state index contributed by atoms with van der Waals surface area (Å²) in [5, 5.41) is 24.3. The number of nitrogens with one attached hydrogen (secondary N) is 1. The van der Waals surface area contributed by atoms with Crippen molar-refractivity contribution in [3.05, 3.63) is 42.0 Å². The lowest BCUT2D eigenvalue weighted by molar-refractivity contribution is 0.178. The van der Waals surface area contributed by atoms with Crippen LogP contribution in [-0.4, -0.2) is 17.8 Å². The molecule has 2 N–H and O–H groups in total. The van der Waals surface area contributed by atoms with Gasteiger partial charge in [0, 0.05) is 23.0 Å². The Balaban J connectivity index is 1.83. The minimum atomic E-state index is -0.125. The van der Waals surface area contributed by atoms with E-state index in [2.05, 4.69) is 11.4 Å². The predicted octanol–water partition coefficient (Wildman–Crippen LogP) is 3.28. The molecule has 0 aromatic heterocycles. The zero-order valence-corrected chi connectivity index (χ0v) is 11.3. The summed E-state index contributed by atoms with van der Waals surface area (Å²) in [5.74, 6) is 0.541. The quantitative estimate of drug-likeness (QED) is 0.896. The van der Waals surface area contributed by atoms with Crippen LogP contribution >= 0.6 is 0 Å². The first-order valence-corrected chi connectivity index (χ1v) is 7.11. The van der Waals surface area contributed by atoms with Crippen molar-refractivity contribution in [3.8, 4) is 6.07 Å². The van der Waals surface area contributed by atoms with Crippen LogP contribution in [0.15, 0.2) is 36.4 Å². The molecule has 0 radical (unpaired) electrons. The molecule has 2 aromatic carbocycles. The van der Waals surface area contributed by atoms with Gasteiger partial charge in [0.05, 0.1) is 17.7 Å². The smallest absolute Gasteiger partial charge is 0.0998 e. The molecule has 102 valence electrons. The van der Waals surface area contributed by atoms with Gasteiger partial charge >= 0.3 is 0 Å². The molecule has 0 bridgehead atoms. The lowest BCUT2D eigenvalue weighted by atomic mass is 10.0. The van der Waals surface area contributed by atoms with E-state index in [1.165, 1.54) is 0 Å². The molecule has 3 rings (SSSR count). The van der Waals surface area contributed by atoms with E-state index in [4.69, 9.17) is 5.26 Å². The maximum atomic E-state index is 9.57. The molecular formula is C17H18N2O. The fraction of sp³-hybridized carbons (Fsp3) is 0.353. The zero-order valence-electron chi connectivity index (χ0n) is 11.3. The Hall–Kier alpha value is -2.05. The summed E-state index contributed by atoms with van der Waals surface area (Å²) in [6, 6.07) is 14.1. The van der Waals surface area contributed by atoms with Crippen molar-refractivity contribution in [2.75, 3.05) is 11.9 Å². The molecule has 3 heteroatoms. The van der Waals surface area contributed by atoms with Gasteiger partial charge in [0.15, 0.2) is 0 Å². The molecule has 0 aliphatic heterocycles. The number of aliphatic hydroxyl groups is 1. The van der Waals surface area contributed by atoms with Gasteiger partial charge in [0.2, 0.25) is 0 Å². The first kappa shape index (κ1) is 13.0. The number of hydrogen-bond donors (Lipinski definition) is 2. The van der Waals surface area contributed by atoms with E-state index in [0.717, 1.165) is 42.3 Å². The number of rotatable bonds is 3. The van der Waals surface area contributed by atoms with E-state index in [1.807, 2.05) is 36.4 Å². The number of hydrogen-bond acceptors (Lipinski definition) is 3. The maximum Gasteiger partial charge on any atom is 0.0998 e. The molecule has 20 heavy (non-hydrogen) atoms. The summed E-state index contributed by atoms with van der Waals surface area (Å²) in [6.07, 6.45) is 2.77. The second-order valence-corrected chi connectivity index (χ2v) is 5.53. The summed E-state index contributed by atoms with van der Waals surface area (Å²) in [4.78, 5) is 0. The molecule has 1 fully saturated rings. The molecule has 0 heterocycles. The lowest BCUT2D eigenvalue weighted by Gasteiger charge is -2.14. The fourth-order valence-corrected chi connectivity index (χ4v) is 3.04. The Morgan fingerprint density at radius 1 is 1.15 bits per heavy atom. The van der Waals surface area contributed by atoms with Gasteiger partial charge in [-0.1, -0.05) is 24.3 Å². The molecule has 0 spiro atoms. The van der Waals surface area contributed by atoms with Crippen molar-refractivity contribution in [1.82, 2.24) is 0 Å². The molecule has 0 amide bonds. The van der Waals surface area contributed by atoms with Gasteiger partial charge in [-0.05, 0) is 37.3 Å². The number of nitrogens with zero attached hydrogens (tertiary/aromatic N) is 1. The van der Waals surface area contributed by atoms with Crippen LogP contribution in [0.4, 0.5) is 5.69 Å². The highest BCUT2D eigenvalue weighted by Crippen LogP contribution is 2.29. The summed E-state index contributed by atoms with van der Waals surface area (Å²) < 4.78 is 0. The second kappa shape index (κ2) is 5.52. The first-order valence-electron chi connectivity index (χ1n) is 7.11. The SMILES string of the molecule is N#Cc1ccc(NCC2CCC(O)C2)c2ccccc12. The van der Waals surface area contributed by atoms with Crippen molar-refractivity contribution in [1.29, 1.82) is 5.26 Å². The number of anilines is 1. The van der Waals surface area contributed by atoms with Crippen molar-refractivity contribution < 1.29 is 5.11 Å². The number of benzene rings is 2. The van der Waals surface area contributed by atoms with Crippen molar-refractivity contribution in [3.63, 3.8) is 0 Å². The highest BCUT2D eigenvalue weighted by Gasteiger charge is 2.22. The zero-order chi connectivity index (χ0) is 13.9. The van der Waals surface area contributed by atoms with Gasteiger partial charge in [-0.15, -0.1) is 0 Å². The molecule has 2 unspecified atom stereocenters. The monoisotopic (exact) mass is 266 g/mol. The Morgan fingerprint density at radius 3 is 2.65 bits per heavy atom. The van der Waals surface area contributed by atoms with Crippen LogP contribution in [0, 0.1) is 17.2 Å². The normalized spacial score (nSPS) is 21.8. The lowest BCUT2D eigenvalue weighted by Crippen LogP contribution is -2.12. The van der Waals surface area contributed by atoms with Crippen molar-refractivity contribution in [2.45, 2.75) is 25.4 Å². The van der Waals surface area contributed by atoms with E-state index in [9.17, 15) is 5.11 Å². The molecule has 2 atom stereocenters. The van der Waals surface area contributed by atoms with Crippen LogP contribution in [0.3, 0.4) is 0 Å². The van der Waals surface area contributed by atoms with E-state index >= 15 is 0 Å². The van der Waals surface area contributed by atoms with Crippen LogP contribution in [0.1, 0.15) is 24.8 Å². The van der Waals surface area contributed by atoms with Crippen LogP contribution in [0.5, 0.6) is 0 Å². The number of nitriles is 1. The van der Waals surface area contributed by atoms with Gasteiger partial charge in [-0.25, -0.2) is 0 Å². The van der Waals surface area contributed by atoms with Crippen molar-refractivity contribution >= 4 is 16.5 Å². The Kier molecular flexibility index (Phi) is 3.58. The Morgan fingerprint density at radius 2 is 1.95 bits per heavy atom.